The topological polar surface area (TPSA) is 69.0 Å². The quantitative estimate of drug-likeness (QED) is 0.617. The van der Waals surface area contributed by atoms with Gasteiger partial charge in [-0.15, -0.1) is 10.2 Å². The molecule has 1 aliphatic rings. The SMILES string of the molecule is COc1cc(C)ccc1CNC(=O)CCc1nnc(CCCC(C)C)n1C1CC1. The van der Waals surface area contributed by atoms with Gasteiger partial charge in [-0.1, -0.05) is 32.4 Å². The molecular weight excluding hydrogens is 364 g/mol. The number of hydrogen-bond donors (Lipinski definition) is 1. The van der Waals surface area contributed by atoms with Gasteiger partial charge < -0.3 is 14.6 Å². The Morgan fingerprint density at radius 2 is 1.97 bits per heavy atom. The molecule has 0 bridgehead atoms. The molecule has 6 nitrogen and oxygen atoms in total. The van der Waals surface area contributed by atoms with E-state index in [0.717, 1.165) is 41.4 Å². The van der Waals surface area contributed by atoms with Gasteiger partial charge >= 0.3 is 0 Å². The first-order valence-electron chi connectivity index (χ1n) is 10.8. The second-order valence-electron chi connectivity index (χ2n) is 8.51. The molecule has 1 saturated carbocycles. The van der Waals surface area contributed by atoms with E-state index in [1.165, 1.54) is 19.3 Å². The Morgan fingerprint density at radius 1 is 1.24 bits per heavy atom. The van der Waals surface area contributed by atoms with E-state index in [0.29, 0.717) is 31.3 Å². The van der Waals surface area contributed by atoms with Crippen molar-refractivity contribution in [2.45, 2.75) is 78.3 Å². The molecule has 0 aliphatic heterocycles. The van der Waals surface area contributed by atoms with Crippen molar-refractivity contribution >= 4 is 5.91 Å². The molecule has 1 aromatic heterocycles. The molecule has 0 unspecified atom stereocenters. The lowest BCUT2D eigenvalue weighted by molar-refractivity contribution is -0.121. The second kappa shape index (κ2) is 9.90. The van der Waals surface area contributed by atoms with Crippen molar-refractivity contribution in [2.24, 2.45) is 5.92 Å². The number of methoxy groups -OCH3 is 1. The van der Waals surface area contributed by atoms with Crippen molar-refractivity contribution in [2.75, 3.05) is 7.11 Å². The van der Waals surface area contributed by atoms with E-state index < -0.39 is 0 Å². The number of nitrogens with zero attached hydrogens (tertiary/aromatic N) is 3. The summed E-state index contributed by atoms with van der Waals surface area (Å²) in [5, 5.41) is 11.9. The number of hydrogen-bond acceptors (Lipinski definition) is 4. The molecule has 1 heterocycles. The number of carbonyl (C=O) groups excluding carboxylic acids is 1. The Hall–Kier alpha value is -2.37. The van der Waals surface area contributed by atoms with Gasteiger partial charge in [-0.2, -0.15) is 0 Å². The maximum Gasteiger partial charge on any atom is 0.220 e. The molecule has 1 amide bonds. The van der Waals surface area contributed by atoms with Crippen molar-refractivity contribution in [3.63, 3.8) is 0 Å². The van der Waals surface area contributed by atoms with Gasteiger partial charge in [0, 0.05) is 37.4 Å². The van der Waals surface area contributed by atoms with Gasteiger partial charge in [0.1, 0.15) is 17.4 Å². The predicted molar refractivity (Wildman–Crippen MR) is 114 cm³/mol. The zero-order chi connectivity index (χ0) is 20.8. The number of nitrogens with one attached hydrogen (secondary N) is 1. The van der Waals surface area contributed by atoms with Crippen LogP contribution in [0.2, 0.25) is 0 Å². The molecular formula is C23H34N4O2. The molecule has 0 atom stereocenters. The number of aromatic nitrogens is 3. The van der Waals surface area contributed by atoms with Gasteiger partial charge in [-0.05, 0) is 43.7 Å². The maximum absolute atomic E-state index is 12.4. The van der Waals surface area contributed by atoms with Gasteiger partial charge in [0.05, 0.1) is 7.11 Å². The number of ether oxygens (including phenoxy) is 1. The molecule has 0 saturated heterocycles. The third-order valence-electron chi connectivity index (χ3n) is 5.43. The van der Waals surface area contributed by atoms with E-state index in [1.54, 1.807) is 7.11 Å². The van der Waals surface area contributed by atoms with Crippen molar-refractivity contribution in [1.29, 1.82) is 0 Å². The Morgan fingerprint density at radius 3 is 2.62 bits per heavy atom. The van der Waals surface area contributed by atoms with Crippen LogP contribution in [0.3, 0.4) is 0 Å². The third kappa shape index (κ3) is 6.05. The molecule has 2 aromatic rings. The lowest BCUT2D eigenvalue weighted by Gasteiger charge is -2.11. The van der Waals surface area contributed by atoms with E-state index in [4.69, 9.17) is 4.74 Å². The first kappa shape index (κ1) is 21.3. The van der Waals surface area contributed by atoms with E-state index in [1.807, 2.05) is 25.1 Å². The summed E-state index contributed by atoms with van der Waals surface area (Å²) in [4.78, 5) is 12.4. The van der Waals surface area contributed by atoms with E-state index >= 15 is 0 Å². The highest BCUT2D eigenvalue weighted by Crippen LogP contribution is 2.37. The standard InChI is InChI=1S/C23H34N4O2/c1-16(2)6-5-7-21-25-26-22(27(21)19-10-11-19)12-13-23(28)24-15-18-9-8-17(3)14-20(18)29-4/h8-9,14,16,19H,5-7,10-13,15H2,1-4H3,(H,24,28). The number of aryl methyl sites for hydroxylation is 3. The summed E-state index contributed by atoms with van der Waals surface area (Å²) in [7, 11) is 1.66. The van der Waals surface area contributed by atoms with Crippen LogP contribution in [0.1, 0.15) is 74.8 Å². The first-order chi connectivity index (χ1) is 14.0. The van der Waals surface area contributed by atoms with Crippen LogP contribution >= 0.6 is 0 Å². The zero-order valence-electron chi connectivity index (χ0n) is 18.2. The van der Waals surface area contributed by atoms with Crippen LogP contribution in [0.4, 0.5) is 0 Å². The minimum Gasteiger partial charge on any atom is -0.496 e. The summed E-state index contributed by atoms with van der Waals surface area (Å²) in [6.45, 7) is 7.00. The zero-order valence-corrected chi connectivity index (χ0v) is 18.2. The average Bonchev–Trinajstić information content (AvgIpc) is 3.45. The highest BCUT2D eigenvalue weighted by molar-refractivity contribution is 5.76. The highest BCUT2D eigenvalue weighted by atomic mass is 16.5. The minimum absolute atomic E-state index is 0.0272. The fraction of sp³-hybridized carbons (Fsp3) is 0.609. The van der Waals surface area contributed by atoms with Crippen LogP contribution < -0.4 is 10.1 Å². The number of carbonyl (C=O) groups is 1. The predicted octanol–water partition coefficient (Wildman–Crippen LogP) is 4.16. The Balaban J connectivity index is 1.53. The van der Waals surface area contributed by atoms with Crippen molar-refractivity contribution in [3.8, 4) is 5.75 Å². The van der Waals surface area contributed by atoms with Crippen LogP contribution in [0.15, 0.2) is 18.2 Å². The van der Waals surface area contributed by atoms with Gasteiger partial charge in [0.15, 0.2) is 0 Å². The van der Waals surface area contributed by atoms with Gasteiger partial charge in [-0.25, -0.2) is 0 Å². The Bertz CT molecular complexity index is 824. The van der Waals surface area contributed by atoms with E-state index in [2.05, 4.69) is 33.9 Å². The lowest BCUT2D eigenvalue weighted by atomic mass is 10.1. The largest absolute Gasteiger partial charge is 0.496 e. The first-order valence-corrected chi connectivity index (χ1v) is 10.8. The molecule has 1 fully saturated rings. The molecule has 1 N–H and O–H groups in total. The third-order valence-corrected chi connectivity index (χ3v) is 5.43. The van der Waals surface area contributed by atoms with E-state index in [9.17, 15) is 4.79 Å². The Labute approximate surface area is 174 Å². The summed E-state index contributed by atoms with van der Waals surface area (Å²) in [5.74, 6) is 3.59. The smallest absolute Gasteiger partial charge is 0.220 e. The van der Waals surface area contributed by atoms with Crippen LogP contribution in [0, 0.1) is 12.8 Å². The second-order valence-corrected chi connectivity index (χ2v) is 8.51. The van der Waals surface area contributed by atoms with Crippen molar-refractivity contribution < 1.29 is 9.53 Å². The molecule has 1 aromatic carbocycles. The Kier molecular flexibility index (Phi) is 7.29. The van der Waals surface area contributed by atoms with Crippen LogP contribution in [0.25, 0.3) is 0 Å². The highest BCUT2D eigenvalue weighted by Gasteiger charge is 2.29. The van der Waals surface area contributed by atoms with Crippen LogP contribution in [-0.4, -0.2) is 27.8 Å². The van der Waals surface area contributed by atoms with Crippen LogP contribution in [-0.2, 0) is 24.2 Å². The van der Waals surface area contributed by atoms with Crippen LogP contribution in [0.5, 0.6) is 5.75 Å². The van der Waals surface area contributed by atoms with Crippen molar-refractivity contribution in [3.05, 3.63) is 41.0 Å². The summed E-state index contributed by atoms with van der Waals surface area (Å²) in [6, 6.07) is 6.55. The summed E-state index contributed by atoms with van der Waals surface area (Å²) < 4.78 is 7.72. The van der Waals surface area contributed by atoms with E-state index in [-0.39, 0.29) is 5.91 Å². The molecule has 3 rings (SSSR count). The molecule has 158 valence electrons. The number of rotatable bonds is 11. The minimum atomic E-state index is 0.0272. The summed E-state index contributed by atoms with van der Waals surface area (Å²) in [6.07, 6.45) is 6.76. The van der Waals surface area contributed by atoms with Crippen molar-refractivity contribution in [1.82, 2.24) is 20.1 Å². The normalized spacial score (nSPS) is 13.7. The maximum atomic E-state index is 12.4. The summed E-state index contributed by atoms with van der Waals surface area (Å²) in [5.41, 5.74) is 2.13. The fourth-order valence-electron chi connectivity index (χ4n) is 3.63. The summed E-state index contributed by atoms with van der Waals surface area (Å²) >= 11 is 0. The average molecular weight is 399 g/mol. The van der Waals surface area contributed by atoms with Gasteiger partial charge in [0.25, 0.3) is 0 Å². The fourth-order valence-corrected chi connectivity index (χ4v) is 3.63. The molecule has 29 heavy (non-hydrogen) atoms. The monoisotopic (exact) mass is 398 g/mol. The molecule has 0 spiro atoms. The lowest BCUT2D eigenvalue weighted by Crippen LogP contribution is -2.23. The number of benzene rings is 1. The molecule has 1 aliphatic carbocycles. The number of amides is 1. The van der Waals surface area contributed by atoms with Gasteiger partial charge in [-0.3, -0.25) is 4.79 Å². The molecule has 0 radical (unpaired) electrons. The van der Waals surface area contributed by atoms with Gasteiger partial charge in [0.2, 0.25) is 5.91 Å². The molecule has 6 heteroatoms.